The number of anilines is 1. The van der Waals surface area contributed by atoms with Crippen LogP contribution in [0.4, 0.5) is 5.69 Å². The molecule has 1 aromatic carbocycles. The fourth-order valence-corrected chi connectivity index (χ4v) is 3.95. The summed E-state index contributed by atoms with van der Waals surface area (Å²) in [7, 11) is 0. The molecule has 0 saturated heterocycles. The smallest absolute Gasteiger partial charge is 0.266 e. The second-order valence-electron chi connectivity index (χ2n) is 5.45. The molecule has 2 N–H and O–H groups in total. The van der Waals surface area contributed by atoms with Crippen molar-refractivity contribution in [2.24, 2.45) is 0 Å². The van der Waals surface area contributed by atoms with Crippen molar-refractivity contribution >= 4 is 33.1 Å². The molecule has 0 atom stereocenters. The summed E-state index contributed by atoms with van der Waals surface area (Å²) in [6, 6.07) is 12.0. The van der Waals surface area contributed by atoms with Gasteiger partial charge in [0.05, 0.1) is 5.69 Å². The number of benzene rings is 1. The third-order valence-electron chi connectivity index (χ3n) is 4.12. The zero-order valence-electron chi connectivity index (χ0n) is 12.0. The van der Waals surface area contributed by atoms with Crippen LogP contribution in [0, 0.1) is 0 Å². The minimum Gasteiger partial charge on any atom is -0.397 e. The van der Waals surface area contributed by atoms with Crippen LogP contribution in [0.5, 0.6) is 0 Å². The standard InChI is InChI=1S/C17H15N3OS/c18-14-13-6-3-8-19-16(13)22-15(14)17(21)20-9-7-11-4-1-2-5-12(11)10-20/h1-6,8H,7,9-10,18H2. The molecule has 2 aromatic heterocycles. The summed E-state index contributed by atoms with van der Waals surface area (Å²) in [4.78, 5) is 20.4. The van der Waals surface area contributed by atoms with E-state index in [2.05, 4.69) is 17.1 Å². The van der Waals surface area contributed by atoms with Crippen LogP contribution in [-0.4, -0.2) is 22.3 Å². The van der Waals surface area contributed by atoms with Crippen molar-refractivity contribution in [1.82, 2.24) is 9.88 Å². The van der Waals surface area contributed by atoms with Crippen LogP contribution >= 0.6 is 11.3 Å². The first-order valence-corrected chi connectivity index (χ1v) is 8.05. The topological polar surface area (TPSA) is 59.2 Å². The Morgan fingerprint density at radius 3 is 2.82 bits per heavy atom. The summed E-state index contributed by atoms with van der Waals surface area (Å²) in [5, 5.41) is 0.869. The average Bonchev–Trinajstić information content (AvgIpc) is 2.91. The van der Waals surface area contributed by atoms with E-state index in [0.717, 1.165) is 23.2 Å². The Balaban J connectivity index is 1.68. The monoisotopic (exact) mass is 309 g/mol. The van der Waals surface area contributed by atoms with Gasteiger partial charge < -0.3 is 10.6 Å². The van der Waals surface area contributed by atoms with E-state index < -0.39 is 0 Å². The van der Waals surface area contributed by atoms with Gasteiger partial charge in [0.1, 0.15) is 9.71 Å². The number of hydrogen-bond acceptors (Lipinski definition) is 4. The highest BCUT2D eigenvalue weighted by molar-refractivity contribution is 7.21. The number of nitrogen functional groups attached to an aromatic ring is 1. The van der Waals surface area contributed by atoms with Crippen LogP contribution in [0.1, 0.15) is 20.8 Å². The maximum absolute atomic E-state index is 12.8. The van der Waals surface area contributed by atoms with Crippen molar-refractivity contribution in [2.45, 2.75) is 13.0 Å². The highest BCUT2D eigenvalue weighted by atomic mass is 32.1. The Hall–Kier alpha value is -2.40. The molecule has 0 bridgehead atoms. The van der Waals surface area contributed by atoms with E-state index in [0.29, 0.717) is 17.1 Å². The number of pyridine rings is 1. The van der Waals surface area contributed by atoms with E-state index in [1.165, 1.54) is 22.5 Å². The molecule has 4 nitrogen and oxygen atoms in total. The van der Waals surface area contributed by atoms with Gasteiger partial charge in [-0.1, -0.05) is 24.3 Å². The van der Waals surface area contributed by atoms with E-state index in [9.17, 15) is 4.79 Å². The third-order valence-corrected chi connectivity index (χ3v) is 5.23. The van der Waals surface area contributed by atoms with Gasteiger partial charge in [0.15, 0.2) is 0 Å². The van der Waals surface area contributed by atoms with Crippen molar-refractivity contribution < 1.29 is 4.79 Å². The first-order valence-electron chi connectivity index (χ1n) is 7.23. The largest absolute Gasteiger partial charge is 0.397 e. The SMILES string of the molecule is Nc1c(C(=O)N2CCc3ccccc3C2)sc2ncccc12. The van der Waals surface area contributed by atoms with E-state index in [-0.39, 0.29) is 5.91 Å². The Morgan fingerprint density at radius 1 is 1.18 bits per heavy atom. The van der Waals surface area contributed by atoms with Crippen molar-refractivity contribution in [3.05, 3.63) is 58.6 Å². The summed E-state index contributed by atoms with van der Waals surface area (Å²) in [5.41, 5.74) is 9.27. The molecule has 3 aromatic rings. The predicted octanol–water partition coefficient (Wildman–Crippen LogP) is 3.08. The summed E-state index contributed by atoms with van der Waals surface area (Å²) in [6.45, 7) is 1.38. The van der Waals surface area contributed by atoms with Crippen molar-refractivity contribution in [3.8, 4) is 0 Å². The molecule has 0 fully saturated rings. The molecule has 3 heterocycles. The number of carbonyl (C=O) groups is 1. The first kappa shape index (κ1) is 13.3. The van der Waals surface area contributed by atoms with E-state index in [1.54, 1.807) is 6.20 Å². The molecule has 1 aliphatic heterocycles. The minimum atomic E-state index is 0.00926. The Bertz CT molecular complexity index is 871. The molecule has 5 heteroatoms. The van der Waals surface area contributed by atoms with Crippen molar-refractivity contribution in [3.63, 3.8) is 0 Å². The zero-order chi connectivity index (χ0) is 15.1. The molecule has 22 heavy (non-hydrogen) atoms. The predicted molar refractivity (Wildman–Crippen MR) is 88.9 cm³/mol. The highest BCUT2D eigenvalue weighted by Gasteiger charge is 2.25. The van der Waals surface area contributed by atoms with Crippen LogP contribution in [0.3, 0.4) is 0 Å². The molecule has 110 valence electrons. The second kappa shape index (κ2) is 5.10. The number of amides is 1. The molecule has 4 rings (SSSR count). The van der Waals surface area contributed by atoms with Gasteiger partial charge in [0.2, 0.25) is 0 Å². The lowest BCUT2D eigenvalue weighted by Crippen LogP contribution is -2.35. The molecule has 0 aliphatic carbocycles. The van der Waals surface area contributed by atoms with Crippen LogP contribution in [-0.2, 0) is 13.0 Å². The highest BCUT2D eigenvalue weighted by Crippen LogP contribution is 2.33. The van der Waals surface area contributed by atoms with Gasteiger partial charge in [0, 0.05) is 24.7 Å². The van der Waals surface area contributed by atoms with Crippen LogP contribution < -0.4 is 5.73 Å². The Morgan fingerprint density at radius 2 is 2.00 bits per heavy atom. The molecule has 0 unspecified atom stereocenters. The zero-order valence-corrected chi connectivity index (χ0v) is 12.8. The van der Waals surface area contributed by atoms with Gasteiger partial charge in [-0.05, 0) is 29.7 Å². The lowest BCUT2D eigenvalue weighted by molar-refractivity contribution is 0.0740. The molecular weight excluding hydrogens is 294 g/mol. The average molecular weight is 309 g/mol. The number of aromatic nitrogens is 1. The van der Waals surface area contributed by atoms with E-state index >= 15 is 0 Å². The maximum atomic E-state index is 12.8. The van der Waals surface area contributed by atoms with Gasteiger partial charge in [-0.2, -0.15) is 0 Å². The number of fused-ring (bicyclic) bond motifs is 2. The van der Waals surface area contributed by atoms with Gasteiger partial charge in [-0.15, -0.1) is 11.3 Å². The number of carbonyl (C=O) groups excluding carboxylic acids is 1. The Labute approximate surface area is 132 Å². The number of rotatable bonds is 1. The third kappa shape index (κ3) is 2.05. The van der Waals surface area contributed by atoms with Crippen molar-refractivity contribution in [2.75, 3.05) is 12.3 Å². The minimum absolute atomic E-state index is 0.00926. The molecule has 1 aliphatic rings. The molecular formula is C17H15N3OS. The van der Waals surface area contributed by atoms with Crippen LogP contribution in [0.15, 0.2) is 42.6 Å². The summed E-state index contributed by atoms with van der Waals surface area (Å²) in [6.07, 6.45) is 2.62. The lowest BCUT2D eigenvalue weighted by atomic mass is 10.00. The molecule has 0 spiro atoms. The maximum Gasteiger partial charge on any atom is 0.266 e. The number of nitrogens with zero attached hydrogens (tertiary/aromatic N) is 2. The van der Waals surface area contributed by atoms with Gasteiger partial charge in [-0.25, -0.2) is 4.98 Å². The van der Waals surface area contributed by atoms with Crippen molar-refractivity contribution in [1.29, 1.82) is 0 Å². The van der Waals surface area contributed by atoms with Crippen LogP contribution in [0.25, 0.3) is 10.2 Å². The number of thiophene rings is 1. The fraction of sp³-hybridized carbons (Fsp3) is 0.176. The summed E-state index contributed by atoms with van der Waals surface area (Å²) >= 11 is 1.38. The van der Waals surface area contributed by atoms with Gasteiger partial charge >= 0.3 is 0 Å². The fourth-order valence-electron chi connectivity index (χ4n) is 2.92. The van der Waals surface area contributed by atoms with Gasteiger partial charge in [0.25, 0.3) is 5.91 Å². The molecule has 0 radical (unpaired) electrons. The second-order valence-corrected chi connectivity index (χ2v) is 6.45. The van der Waals surface area contributed by atoms with Crippen LogP contribution in [0.2, 0.25) is 0 Å². The molecule has 0 saturated carbocycles. The first-order chi connectivity index (χ1) is 10.7. The quantitative estimate of drug-likeness (QED) is 0.751. The summed E-state index contributed by atoms with van der Waals surface area (Å²) in [5.74, 6) is 0.00926. The summed E-state index contributed by atoms with van der Waals surface area (Å²) < 4.78 is 0. The number of nitrogens with two attached hydrogens (primary N) is 1. The number of hydrogen-bond donors (Lipinski definition) is 1. The Kier molecular flexibility index (Phi) is 3.08. The van der Waals surface area contributed by atoms with Gasteiger partial charge in [-0.3, -0.25) is 4.79 Å². The van der Waals surface area contributed by atoms with E-state index in [4.69, 9.17) is 5.73 Å². The normalized spacial score (nSPS) is 14.1. The molecule has 1 amide bonds. The lowest BCUT2D eigenvalue weighted by Gasteiger charge is -2.28. The van der Waals surface area contributed by atoms with E-state index in [1.807, 2.05) is 29.2 Å².